The molecule has 1 unspecified atom stereocenters. The second-order valence-electron chi connectivity index (χ2n) is 6.15. The van der Waals surface area contributed by atoms with Gasteiger partial charge in [-0.1, -0.05) is 45.0 Å². The number of aromatic amines is 1. The predicted octanol–water partition coefficient (Wildman–Crippen LogP) is 2.75. The van der Waals surface area contributed by atoms with Gasteiger partial charge in [0.2, 0.25) is 10.0 Å². The number of rotatable bonds is 4. The molecule has 21 heavy (non-hydrogen) atoms. The third-order valence-electron chi connectivity index (χ3n) is 3.39. The number of sulfonamides is 1. The van der Waals surface area contributed by atoms with Crippen LogP contribution >= 0.6 is 0 Å². The van der Waals surface area contributed by atoms with E-state index in [4.69, 9.17) is 0 Å². The van der Waals surface area contributed by atoms with Gasteiger partial charge in [0.15, 0.2) is 0 Å². The Morgan fingerprint density at radius 3 is 2.29 bits per heavy atom. The second-order valence-corrected chi connectivity index (χ2v) is 7.86. The van der Waals surface area contributed by atoms with E-state index in [2.05, 4.69) is 35.7 Å². The molecule has 0 aliphatic heterocycles. The molecule has 0 saturated heterocycles. The SMILES string of the molecule is CC(NS(=O)(=O)c1cn[nH]c1)c1ccc(C(C)(C)C)cc1. The van der Waals surface area contributed by atoms with Crippen molar-refractivity contribution in [2.75, 3.05) is 0 Å². The molecule has 0 spiro atoms. The molecule has 0 radical (unpaired) electrons. The molecular formula is C15H21N3O2S. The van der Waals surface area contributed by atoms with Gasteiger partial charge in [-0.3, -0.25) is 5.10 Å². The van der Waals surface area contributed by atoms with Crippen LogP contribution < -0.4 is 4.72 Å². The first-order valence-corrected chi connectivity index (χ1v) is 8.30. The first kappa shape index (κ1) is 15.7. The zero-order valence-corrected chi connectivity index (χ0v) is 13.5. The molecule has 5 nitrogen and oxygen atoms in total. The van der Waals surface area contributed by atoms with Crippen LogP contribution in [0.15, 0.2) is 41.6 Å². The van der Waals surface area contributed by atoms with E-state index in [1.165, 1.54) is 18.0 Å². The first-order chi connectivity index (χ1) is 9.70. The highest BCUT2D eigenvalue weighted by Gasteiger charge is 2.20. The van der Waals surface area contributed by atoms with Gasteiger partial charge in [-0.25, -0.2) is 13.1 Å². The van der Waals surface area contributed by atoms with Crippen molar-refractivity contribution in [2.45, 2.75) is 44.0 Å². The standard InChI is InChI=1S/C15H21N3O2S/c1-11(18-21(19,20)14-9-16-17-10-14)12-5-7-13(8-6-12)15(2,3)4/h5-11,18H,1-4H3,(H,16,17). The summed E-state index contributed by atoms with van der Waals surface area (Å²) < 4.78 is 26.9. The van der Waals surface area contributed by atoms with E-state index < -0.39 is 10.0 Å². The molecular weight excluding hydrogens is 286 g/mol. The van der Waals surface area contributed by atoms with Crippen LogP contribution in [0.2, 0.25) is 0 Å². The molecule has 1 heterocycles. The lowest BCUT2D eigenvalue weighted by Gasteiger charge is -2.20. The first-order valence-electron chi connectivity index (χ1n) is 6.82. The van der Waals surface area contributed by atoms with Crippen LogP contribution in [0.25, 0.3) is 0 Å². The molecule has 0 aliphatic rings. The number of aromatic nitrogens is 2. The minimum Gasteiger partial charge on any atom is -0.284 e. The maximum Gasteiger partial charge on any atom is 0.244 e. The third kappa shape index (κ3) is 3.71. The molecule has 2 N–H and O–H groups in total. The van der Waals surface area contributed by atoms with Crippen LogP contribution in [0.1, 0.15) is 44.9 Å². The van der Waals surface area contributed by atoms with Gasteiger partial charge in [0.1, 0.15) is 4.90 Å². The lowest BCUT2D eigenvalue weighted by molar-refractivity contribution is 0.566. The summed E-state index contributed by atoms with van der Waals surface area (Å²) >= 11 is 0. The van der Waals surface area contributed by atoms with E-state index in [1.807, 2.05) is 31.2 Å². The topological polar surface area (TPSA) is 74.8 Å². The van der Waals surface area contributed by atoms with Gasteiger partial charge < -0.3 is 0 Å². The Labute approximate surface area is 125 Å². The fraction of sp³-hybridized carbons (Fsp3) is 0.400. The number of hydrogen-bond donors (Lipinski definition) is 2. The van der Waals surface area contributed by atoms with E-state index in [0.717, 1.165) is 5.56 Å². The van der Waals surface area contributed by atoms with E-state index >= 15 is 0 Å². The molecule has 1 aromatic carbocycles. The smallest absolute Gasteiger partial charge is 0.244 e. The fourth-order valence-corrected chi connectivity index (χ4v) is 3.16. The Balaban J connectivity index is 2.16. The van der Waals surface area contributed by atoms with Crippen LogP contribution in [-0.4, -0.2) is 18.6 Å². The van der Waals surface area contributed by atoms with Crippen molar-refractivity contribution >= 4 is 10.0 Å². The number of benzene rings is 1. The van der Waals surface area contributed by atoms with Gasteiger partial charge in [0, 0.05) is 12.2 Å². The van der Waals surface area contributed by atoms with E-state index in [-0.39, 0.29) is 16.4 Å². The molecule has 0 aliphatic carbocycles. The summed E-state index contributed by atoms with van der Waals surface area (Å²) in [5.74, 6) is 0. The van der Waals surface area contributed by atoms with Gasteiger partial charge in [-0.15, -0.1) is 0 Å². The largest absolute Gasteiger partial charge is 0.284 e. The van der Waals surface area contributed by atoms with Gasteiger partial charge in [-0.05, 0) is 23.5 Å². The van der Waals surface area contributed by atoms with E-state index in [9.17, 15) is 8.42 Å². The third-order valence-corrected chi connectivity index (χ3v) is 4.90. The zero-order chi connectivity index (χ0) is 15.7. The summed E-state index contributed by atoms with van der Waals surface area (Å²) in [6.07, 6.45) is 2.65. The van der Waals surface area contributed by atoms with Gasteiger partial charge in [-0.2, -0.15) is 5.10 Å². The summed E-state index contributed by atoms with van der Waals surface area (Å²) in [5.41, 5.74) is 2.23. The number of nitrogens with zero attached hydrogens (tertiary/aromatic N) is 1. The molecule has 2 aromatic rings. The quantitative estimate of drug-likeness (QED) is 0.912. The Hall–Kier alpha value is -1.66. The van der Waals surface area contributed by atoms with Crippen molar-refractivity contribution in [3.05, 3.63) is 47.8 Å². The van der Waals surface area contributed by atoms with Crippen LogP contribution in [0, 0.1) is 0 Å². The molecule has 1 atom stereocenters. The van der Waals surface area contributed by atoms with Crippen LogP contribution in [-0.2, 0) is 15.4 Å². The van der Waals surface area contributed by atoms with Crippen molar-refractivity contribution < 1.29 is 8.42 Å². The minimum absolute atomic E-state index is 0.0814. The summed E-state index contributed by atoms with van der Waals surface area (Å²) in [5, 5.41) is 6.17. The maximum absolute atomic E-state index is 12.1. The summed E-state index contributed by atoms with van der Waals surface area (Å²) in [6, 6.07) is 7.70. The number of H-pyrrole nitrogens is 1. The Bertz CT molecular complexity index is 684. The second kappa shape index (κ2) is 5.61. The van der Waals surface area contributed by atoms with Crippen LogP contribution in [0.4, 0.5) is 0 Å². The maximum atomic E-state index is 12.1. The van der Waals surface area contributed by atoms with Crippen molar-refractivity contribution in [3.63, 3.8) is 0 Å². The van der Waals surface area contributed by atoms with Gasteiger partial charge in [0.05, 0.1) is 6.20 Å². The monoisotopic (exact) mass is 307 g/mol. The number of hydrogen-bond acceptors (Lipinski definition) is 3. The lowest BCUT2D eigenvalue weighted by atomic mass is 9.86. The van der Waals surface area contributed by atoms with Crippen molar-refractivity contribution in [1.29, 1.82) is 0 Å². The molecule has 0 bridgehead atoms. The van der Waals surface area contributed by atoms with Crippen molar-refractivity contribution in [3.8, 4) is 0 Å². The van der Waals surface area contributed by atoms with Crippen LogP contribution in [0.5, 0.6) is 0 Å². The molecule has 0 amide bonds. The number of nitrogens with one attached hydrogen (secondary N) is 2. The molecule has 1 aromatic heterocycles. The average molecular weight is 307 g/mol. The average Bonchev–Trinajstić information content (AvgIpc) is 2.92. The van der Waals surface area contributed by atoms with E-state index in [0.29, 0.717) is 0 Å². The lowest BCUT2D eigenvalue weighted by Crippen LogP contribution is -2.26. The summed E-state index contributed by atoms with van der Waals surface area (Å²) in [7, 11) is -3.55. The molecule has 0 fully saturated rings. The molecule has 6 heteroatoms. The van der Waals surface area contributed by atoms with E-state index in [1.54, 1.807) is 0 Å². The van der Waals surface area contributed by atoms with Crippen molar-refractivity contribution in [1.82, 2.24) is 14.9 Å². The predicted molar refractivity (Wildman–Crippen MR) is 82.5 cm³/mol. The van der Waals surface area contributed by atoms with Crippen LogP contribution in [0.3, 0.4) is 0 Å². The molecule has 114 valence electrons. The Morgan fingerprint density at radius 2 is 1.81 bits per heavy atom. The summed E-state index contributed by atoms with van der Waals surface area (Å²) in [6.45, 7) is 8.26. The zero-order valence-electron chi connectivity index (χ0n) is 12.7. The highest BCUT2D eigenvalue weighted by molar-refractivity contribution is 7.89. The normalized spacial score (nSPS) is 14.1. The van der Waals surface area contributed by atoms with Gasteiger partial charge >= 0.3 is 0 Å². The highest BCUT2D eigenvalue weighted by atomic mass is 32.2. The molecule has 2 rings (SSSR count). The van der Waals surface area contributed by atoms with Gasteiger partial charge in [0.25, 0.3) is 0 Å². The Morgan fingerprint density at radius 1 is 1.19 bits per heavy atom. The Kier molecular flexibility index (Phi) is 4.20. The summed E-state index contributed by atoms with van der Waals surface area (Å²) in [4.78, 5) is 0.140. The highest BCUT2D eigenvalue weighted by Crippen LogP contribution is 2.24. The van der Waals surface area contributed by atoms with Crippen molar-refractivity contribution in [2.24, 2.45) is 0 Å². The molecule has 0 saturated carbocycles. The minimum atomic E-state index is -3.55. The fourth-order valence-electron chi connectivity index (χ4n) is 2.03.